The van der Waals surface area contributed by atoms with Crippen LogP contribution in [0.2, 0.25) is 18.1 Å². The number of nitrogens with zero attached hydrogens (tertiary/aromatic N) is 1. The summed E-state index contributed by atoms with van der Waals surface area (Å²) in [4.78, 5) is 6.82. The summed E-state index contributed by atoms with van der Waals surface area (Å²) in [7, 11) is -1.83. The molecule has 2 saturated heterocycles. The van der Waals surface area contributed by atoms with E-state index >= 15 is 0 Å². The lowest BCUT2D eigenvalue weighted by atomic mass is 9.66. The Hall–Kier alpha value is -1.26. The maximum atomic E-state index is 6.68. The lowest BCUT2D eigenvalue weighted by molar-refractivity contribution is -0.00733. The average Bonchev–Trinajstić information content (AvgIpc) is 3.21. The van der Waals surface area contributed by atoms with Gasteiger partial charge in [-0.2, -0.15) is 0 Å². The van der Waals surface area contributed by atoms with Crippen LogP contribution in [0.4, 0.5) is 0 Å². The number of piperidine rings is 2. The van der Waals surface area contributed by atoms with Gasteiger partial charge < -0.3 is 9.41 Å². The zero-order valence-electron chi connectivity index (χ0n) is 20.5. The SMILES string of the molecule is CC[C@@H]1C2C3[C@H]4C[C@@H](CN3CCc3c4[nH]c4ccc(O[Si](C)(C)C(C)(C)C)cc34)[C@]21C. The Labute approximate surface area is 189 Å². The summed E-state index contributed by atoms with van der Waals surface area (Å²) in [6.07, 6.45) is 3.93. The van der Waals surface area contributed by atoms with Gasteiger partial charge in [-0.3, -0.25) is 4.90 Å². The van der Waals surface area contributed by atoms with Gasteiger partial charge in [-0.05, 0) is 77.9 Å². The van der Waals surface area contributed by atoms with Gasteiger partial charge in [-0.25, -0.2) is 0 Å². The van der Waals surface area contributed by atoms with Crippen LogP contribution in [0.3, 0.4) is 0 Å². The summed E-state index contributed by atoms with van der Waals surface area (Å²) >= 11 is 0. The first-order valence-electron chi connectivity index (χ1n) is 12.6. The predicted molar refractivity (Wildman–Crippen MR) is 131 cm³/mol. The van der Waals surface area contributed by atoms with E-state index in [1.54, 1.807) is 11.3 Å². The fraction of sp³-hybridized carbons (Fsp3) is 0.704. The van der Waals surface area contributed by atoms with Crippen LogP contribution < -0.4 is 4.43 Å². The number of aromatic nitrogens is 1. The average molecular weight is 437 g/mol. The molecule has 3 nitrogen and oxygen atoms in total. The minimum atomic E-state index is -1.83. The number of hydrogen-bond acceptors (Lipinski definition) is 2. The van der Waals surface area contributed by atoms with Crippen LogP contribution in [-0.2, 0) is 6.42 Å². The van der Waals surface area contributed by atoms with E-state index in [-0.39, 0.29) is 5.04 Å². The molecule has 3 unspecified atom stereocenters. The molecule has 2 saturated carbocycles. The number of nitrogens with one attached hydrogen (secondary N) is 1. The smallest absolute Gasteiger partial charge is 0.250 e. The fourth-order valence-corrected chi connectivity index (χ4v) is 8.79. The molecular weight excluding hydrogens is 396 g/mol. The van der Waals surface area contributed by atoms with E-state index in [2.05, 4.69) is 75.8 Å². The largest absolute Gasteiger partial charge is 0.543 e. The van der Waals surface area contributed by atoms with Crippen LogP contribution in [0.25, 0.3) is 10.9 Å². The van der Waals surface area contributed by atoms with Gasteiger partial charge in [-0.1, -0.05) is 41.0 Å². The van der Waals surface area contributed by atoms with Gasteiger partial charge >= 0.3 is 0 Å². The molecule has 1 N–H and O–H groups in total. The maximum Gasteiger partial charge on any atom is 0.250 e. The second-order valence-electron chi connectivity index (χ2n) is 12.8. The number of rotatable bonds is 3. The van der Waals surface area contributed by atoms with Gasteiger partial charge in [0.15, 0.2) is 0 Å². The Kier molecular flexibility index (Phi) is 4.07. The van der Waals surface area contributed by atoms with Crippen LogP contribution in [0.1, 0.15) is 64.6 Å². The number of aromatic amines is 1. The van der Waals surface area contributed by atoms with Crippen LogP contribution in [-0.4, -0.2) is 37.3 Å². The molecule has 5 aliphatic rings. The first-order valence-corrected chi connectivity index (χ1v) is 15.5. The van der Waals surface area contributed by atoms with E-state index < -0.39 is 8.32 Å². The Morgan fingerprint density at radius 2 is 2.03 bits per heavy atom. The Morgan fingerprint density at radius 3 is 2.74 bits per heavy atom. The van der Waals surface area contributed by atoms with Crippen LogP contribution >= 0.6 is 0 Å². The van der Waals surface area contributed by atoms with Crippen molar-refractivity contribution in [3.63, 3.8) is 0 Å². The zero-order chi connectivity index (χ0) is 21.9. The second-order valence-corrected chi connectivity index (χ2v) is 17.5. The highest BCUT2D eigenvalue weighted by Gasteiger charge is 2.73. The summed E-state index contributed by atoms with van der Waals surface area (Å²) in [5, 5.41) is 1.63. The minimum absolute atomic E-state index is 0.216. The molecular formula is C27H40N2OSi. The van der Waals surface area contributed by atoms with Gasteiger partial charge in [0.25, 0.3) is 0 Å². The van der Waals surface area contributed by atoms with Gasteiger partial charge in [-0.15, -0.1) is 0 Å². The van der Waals surface area contributed by atoms with Crippen molar-refractivity contribution in [2.45, 2.75) is 84.0 Å². The molecule has 1 aromatic carbocycles. The van der Waals surface area contributed by atoms with Crippen LogP contribution in [0.15, 0.2) is 18.2 Å². The van der Waals surface area contributed by atoms with Gasteiger partial charge in [0.05, 0.1) is 0 Å². The highest BCUT2D eigenvalue weighted by atomic mass is 28.4. The number of fused-ring (bicyclic) bond motifs is 3. The third-order valence-electron chi connectivity index (χ3n) is 10.5. The molecule has 31 heavy (non-hydrogen) atoms. The lowest BCUT2D eigenvalue weighted by Gasteiger charge is -2.51. The summed E-state index contributed by atoms with van der Waals surface area (Å²) in [6, 6.07) is 7.59. The predicted octanol–water partition coefficient (Wildman–Crippen LogP) is 6.56. The topological polar surface area (TPSA) is 28.3 Å². The van der Waals surface area contributed by atoms with Gasteiger partial charge in [0.1, 0.15) is 5.75 Å². The van der Waals surface area contributed by atoms with E-state index in [0.29, 0.717) is 11.3 Å². The van der Waals surface area contributed by atoms with Crippen LogP contribution in [0.5, 0.6) is 5.75 Å². The highest BCUT2D eigenvalue weighted by Crippen LogP contribution is 2.75. The summed E-state index contributed by atoms with van der Waals surface area (Å²) in [5.74, 6) is 4.52. The number of benzene rings is 1. The van der Waals surface area contributed by atoms with Crippen molar-refractivity contribution < 1.29 is 4.43 Å². The van der Waals surface area contributed by atoms with E-state index in [1.165, 1.54) is 43.3 Å². The zero-order valence-corrected chi connectivity index (χ0v) is 21.5. The first kappa shape index (κ1) is 20.4. The molecule has 0 spiro atoms. The molecule has 0 radical (unpaired) electrons. The van der Waals surface area contributed by atoms with Gasteiger partial charge in [0, 0.05) is 41.6 Å². The maximum absolute atomic E-state index is 6.68. The van der Waals surface area contributed by atoms with E-state index in [9.17, 15) is 0 Å². The monoisotopic (exact) mass is 436 g/mol. The molecule has 2 aromatic rings. The first-order chi connectivity index (χ1) is 14.6. The molecule has 3 aliphatic heterocycles. The third kappa shape index (κ3) is 2.61. The molecule has 4 heteroatoms. The van der Waals surface area contributed by atoms with E-state index in [0.717, 1.165) is 29.5 Å². The molecule has 4 fully saturated rings. The van der Waals surface area contributed by atoms with Crippen molar-refractivity contribution in [1.29, 1.82) is 0 Å². The summed E-state index contributed by atoms with van der Waals surface area (Å²) in [6.45, 7) is 19.3. The Morgan fingerprint density at radius 1 is 1.26 bits per heavy atom. The van der Waals surface area contributed by atoms with Crippen molar-refractivity contribution in [3.05, 3.63) is 29.5 Å². The second kappa shape index (κ2) is 6.20. The van der Waals surface area contributed by atoms with Crippen LogP contribution in [0, 0.1) is 23.2 Å². The Balaban J connectivity index is 1.39. The van der Waals surface area contributed by atoms with E-state index in [1.807, 2.05) is 0 Å². The molecule has 7 atom stereocenters. The standard InChI is InChI=1S/C27H40N2OSi/c1-8-21-23-25-20-13-16(27(21,23)5)15-29(25)12-11-18-19-14-17(9-10-22(19)28-24(18)20)30-31(6,7)26(2,3)4/h9-10,14,16,20-21,23,25,28H,8,11-13,15H2,1-7H3/t16-,20-,21+,23?,25?,27-/m0/s1. The van der Waals surface area contributed by atoms with Crippen molar-refractivity contribution in [3.8, 4) is 5.75 Å². The number of H-pyrrole nitrogens is 1. The lowest BCUT2D eigenvalue weighted by Crippen LogP contribution is -2.55. The van der Waals surface area contributed by atoms with Crippen molar-refractivity contribution in [2.75, 3.05) is 13.1 Å². The van der Waals surface area contributed by atoms with Crippen molar-refractivity contribution in [1.82, 2.24) is 9.88 Å². The minimum Gasteiger partial charge on any atom is -0.543 e. The van der Waals surface area contributed by atoms with Crippen molar-refractivity contribution in [2.24, 2.45) is 23.2 Å². The molecule has 2 aliphatic carbocycles. The quantitative estimate of drug-likeness (QED) is 0.552. The van der Waals surface area contributed by atoms with E-state index in [4.69, 9.17) is 4.43 Å². The molecule has 1 aromatic heterocycles. The molecule has 0 amide bonds. The summed E-state index contributed by atoms with van der Waals surface area (Å²) in [5.41, 5.74) is 5.10. The Bertz CT molecular complexity index is 1050. The molecule has 4 bridgehead atoms. The van der Waals surface area contributed by atoms with Gasteiger partial charge in [0.2, 0.25) is 8.32 Å². The molecule has 7 rings (SSSR count). The molecule has 168 valence electrons. The van der Waals surface area contributed by atoms with Crippen molar-refractivity contribution >= 4 is 19.2 Å². The molecule has 4 heterocycles. The summed E-state index contributed by atoms with van der Waals surface area (Å²) < 4.78 is 6.68. The fourth-order valence-electron chi connectivity index (χ4n) is 7.77. The highest BCUT2D eigenvalue weighted by molar-refractivity contribution is 6.74. The third-order valence-corrected chi connectivity index (χ3v) is 14.8. The normalized spacial score (nSPS) is 38.5. The number of hydrogen-bond donors (Lipinski definition) is 1.